The highest BCUT2D eigenvalue weighted by Crippen LogP contribution is 2.19. The van der Waals surface area contributed by atoms with Crippen LogP contribution in [0.5, 0.6) is 0 Å². The molecule has 8 heteroatoms. The van der Waals surface area contributed by atoms with Crippen molar-refractivity contribution in [1.82, 2.24) is 15.1 Å². The summed E-state index contributed by atoms with van der Waals surface area (Å²) in [5, 5.41) is 3.46. The highest BCUT2D eigenvalue weighted by Gasteiger charge is 2.36. The van der Waals surface area contributed by atoms with Gasteiger partial charge in [0.1, 0.15) is 5.60 Å². The lowest BCUT2D eigenvalue weighted by atomic mass is 10.2. The normalized spacial score (nSPS) is 18.8. The molecular formula is C20H32IN5O2. The van der Waals surface area contributed by atoms with Crippen LogP contribution in [0.25, 0.3) is 0 Å². The van der Waals surface area contributed by atoms with Crippen molar-refractivity contribution in [2.24, 2.45) is 4.99 Å². The number of carbonyl (C=O) groups excluding carboxylic acids is 1. The fraction of sp³-hybridized carbons (Fsp3) is 0.600. The number of carbonyl (C=O) groups is 1. The maximum atomic E-state index is 12.3. The van der Waals surface area contributed by atoms with E-state index in [-0.39, 0.29) is 36.1 Å². The number of nitrogens with zero attached hydrogens (tertiary/aromatic N) is 4. The summed E-state index contributed by atoms with van der Waals surface area (Å²) in [6, 6.07) is 8.74. The fourth-order valence-corrected chi connectivity index (χ4v) is 3.32. The van der Waals surface area contributed by atoms with E-state index in [1.54, 1.807) is 4.90 Å². The zero-order valence-corrected chi connectivity index (χ0v) is 19.8. The molecule has 2 aliphatic heterocycles. The summed E-state index contributed by atoms with van der Waals surface area (Å²) in [6.45, 7) is 9.22. The van der Waals surface area contributed by atoms with Crippen molar-refractivity contribution < 1.29 is 9.53 Å². The number of nitrogens with one attached hydrogen (secondary N) is 1. The lowest BCUT2D eigenvalue weighted by Gasteiger charge is -2.39. The first kappa shape index (κ1) is 22.6. The number of amides is 1. The molecule has 156 valence electrons. The number of anilines is 1. The van der Waals surface area contributed by atoms with Crippen LogP contribution < -0.4 is 10.2 Å². The number of halogens is 1. The number of guanidine groups is 1. The summed E-state index contributed by atoms with van der Waals surface area (Å²) in [4.78, 5) is 23.1. The Hall–Kier alpha value is -1.71. The Labute approximate surface area is 185 Å². The topological polar surface area (TPSA) is 60.4 Å². The van der Waals surface area contributed by atoms with Crippen LogP contribution in [-0.2, 0) is 11.3 Å². The van der Waals surface area contributed by atoms with Gasteiger partial charge in [-0.15, -0.1) is 24.0 Å². The molecule has 1 saturated heterocycles. The summed E-state index contributed by atoms with van der Waals surface area (Å²) in [6.07, 6.45) is -0.232. The van der Waals surface area contributed by atoms with E-state index in [9.17, 15) is 4.79 Å². The Bertz CT molecular complexity index is 700. The fourth-order valence-electron chi connectivity index (χ4n) is 3.32. The van der Waals surface area contributed by atoms with E-state index in [1.807, 2.05) is 34.9 Å². The maximum absolute atomic E-state index is 12.3. The van der Waals surface area contributed by atoms with Crippen LogP contribution in [0.4, 0.5) is 10.5 Å². The first-order valence-corrected chi connectivity index (χ1v) is 9.52. The number of aliphatic imine (C=N–C) groups is 1. The second-order valence-electron chi connectivity index (χ2n) is 8.35. The molecule has 0 spiro atoms. The molecule has 0 bridgehead atoms. The van der Waals surface area contributed by atoms with Gasteiger partial charge in [0, 0.05) is 46.0 Å². The average Bonchev–Trinajstić information content (AvgIpc) is 3.01. The number of ether oxygens (including phenoxy) is 1. The van der Waals surface area contributed by atoms with Crippen LogP contribution in [-0.4, -0.2) is 73.8 Å². The third kappa shape index (κ3) is 5.65. The number of rotatable bonds is 3. The monoisotopic (exact) mass is 501 g/mol. The minimum absolute atomic E-state index is 0. The van der Waals surface area contributed by atoms with Crippen LogP contribution in [0, 0.1) is 0 Å². The predicted octanol–water partition coefficient (Wildman–Crippen LogP) is 2.75. The van der Waals surface area contributed by atoms with Gasteiger partial charge < -0.3 is 24.8 Å². The number of piperazine rings is 1. The molecule has 1 fully saturated rings. The van der Waals surface area contributed by atoms with E-state index < -0.39 is 5.60 Å². The smallest absolute Gasteiger partial charge is 0.410 e. The van der Waals surface area contributed by atoms with E-state index in [0.29, 0.717) is 19.6 Å². The standard InChI is InChI=1S/C20H31N5O2.HI/c1-20(2,3)27-19(26)24-10-11-25-17(14-24)13-22-18(25)21-12-15-6-8-16(9-7-15)23(4)5;/h6-9,17H,10-14H2,1-5H3,(H,21,22);1H. The van der Waals surface area contributed by atoms with Gasteiger partial charge in [0.15, 0.2) is 5.96 Å². The molecule has 1 amide bonds. The van der Waals surface area contributed by atoms with E-state index in [2.05, 4.69) is 44.4 Å². The Balaban J connectivity index is 0.00000280. The molecule has 28 heavy (non-hydrogen) atoms. The van der Waals surface area contributed by atoms with Gasteiger partial charge in [0.2, 0.25) is 0 Å². The average molecular weight is 501 g/mol. The summed E-state index contributed by atoms with van der Waals surface area (Å²) < 4.78 is 5.50. The van der Waals surface area contributed by atoms with Gasteiger partial charge in [-0.25, -0.2) is 4.79 Å². The third-order valence-corrected chi connectivity index (χ3v) is 4.76. The largest absolute Gasteiger partial charge is 0.444 e. The molecule has 0 aromatic heterocycles. The molecule has 2 heterocycles. The first-order valence-electron chi connectivity index (χ1n) is 9.52. The van der Waals surface area contributed by atoms with Crippen molar-refractivity contribution in [1.29, 1.82) is 0 Å². The van der Waals surface area contributed by atoms with Gasteiger partial charge in [-0.3, -0.25) is 4.99 Å². The Morgan fingerprint density at radius 1 is 1.25 bits per heavy atom. The van der Waals surface area contributed by atoms with Crippen LogP contribution >= 0.6 is 24.0 Å². The Morgan fingerprint density at radius 2 is 1.93 bits per heavy atom. The second kappa shape index (κ2) is 9.19. The molecule has 0 saturated carbocycles. The van der Waals surface area contributed by atoms with E-state index in [4.69, 9.17) is 4.74 Å². The number of hydrogen-bond acceptors (Lipinski definition) is 6. The molecule has 2 aliphatic rings. The van der Waals surface area contributed by atoms with Crippen LogP contribution in [0.3, 0.4) is 0 Å². The summed E-state index contributed by atoms with van der Waals surface area (Å²) in [7, 11) is 4.08. The van der Waals surface area contributed by atoms with Crippen LogP contribution in [0.2, 0.25) is 0 Å². The summed E-state index contributed by atoms with van der Waals surface area (Å²) in [5.41, 5.74) is 1.95. The van der Waals surface area contributed by atoms with Gasteiger partial charge in [0.05, 0.1) is 12.6 Å². The third-order valence-electron chi connectivity index (χ3n) is 4.76. The SMILES string of the molecule is CN(C)c1ccc(CNC2=NCC3CN(C(=O)OC(C)(C)C)CCN23)cc1.I. The molecule has 1 aromatic rings. The Kier molecular flexibility index (Phi) is 7.41. The highest BCUT2D eigenvalue weighted by molar-refractivity contribution is 14.0. The molecular weight excluding hydrogens is 469 g/mol. The minimum Gasteiger partial charge on any atom is -0.444 e. The van der Waals surface area contributed by atoms with E-state index in [1.165, 1.54) is 11.3 Å². The van der Waals surface area contributed by atoms with E-state index >= 15 is 0 Å². The predicted molar refractivity (Wildman–Crippen MR) is 124 cm³/mol. The molecule has 1 aromatic carbocycles. The van der Waals surface area contributed by atoms with Crippen molar-refractivity contribution in [2.75, 3.05) is 45.2 Å². The minimum atomic E-state index is -0.463. The Morgan fingerprint density at radius 3 is 2.54 bits per heavy atom. The molecule has 1 N–H and O–H groups in total. The molecule has 1 unspecified atom stereocenters. The maximum Gasteiger partial charge on any atom is 0.410 e. The quantitative estimate of drug-likeness (QED) is 0.646. The van der Waals surface area contributed by atoms with Crippen molar-refractivity contribution in [2.45, 2.75) is 39.0 Å². The van der Waals surface area contributed by atoms with Crippen molar-refractivity contribution in [3.05, 3.63) is 29.8 Å². The summed E-state index contributed by atoms with van der Waals surface area (Å²) in [5.74, 6) is 0.931. The molecule has 3 rings (SSSR count). The number of benzene rings is 1. The lowest BCUT2D eigenvalue weighted by molar-refractivity contribution is 0.0137. The zero-order chi connectivity index (χ0) is 19.6. The van der Waals surface area contributed by atoms with Crippen LogP contribution in [0.1, 0.15) is 26.3 Å². The highest BCUT2D eigenvalue weighted by atomic mass is 127. The van der Waals surface area contributed by atoms with Gasteiger partial charge in [-0.05, 0) is 38.5 Å². The first-order chi connectivity index (χ1) is 12.7. The van der Waals surface area contributed by atoms with Crippen molar-refractivity contribution >= 4 is 41.7 Å². The summed E-state index contributed by atoms with van der Waals surface area (Å²) >= 11 is 0. The molecule has 0 aliphatic carbocycles. The second-order valence-corrected chi connectivity index (χ2v) is 8.35. The van der Waals surface area contributed by atoms with Gasteiger partial charge in [-0.1, -0.05) is 12.1 Å². The van der Waals surface area contributed by atoms with Gasteiger partial charge in [0.25, 0.3) is 0 Å². The zero-order valence-electron chi connectivity index (χ0n) is 17.4. The number of fused-ring (bicyclic) bond motifs is 1. The molecule has 1 atom stereocenters. The molecule has 0 radical (unpaired) electrons. The van der Waals surface area contributed by atoms with Gasteiger partial charge >= 0.3 is 6.09 Å². The van der Waals surface area contributed by atoms with Crippen LogP contribution in [0.15, 0.2) is 29.3 Å². The number of hydrogen-bond donors (Lipinski definition) is 1. The van der Waals surface area contributed by atoms with E-state index in [0.717, 1.165) is 19.0 Å². The van der Waals surface area contributed by atoms with Gasteiger partial charge in [-0.2, -0.15) is 0 Å². The molecule has 7 nitrogen and oxygen atoms in total. The van der Waals surface area contributed by atoms with Crippen molar-refractivity contribution in [3.8, 4) is 0 Å². The lowest BCUT2D eigenvalue weighted by Crippen LogP contribution is -2.57. The van der Waals surface area contributed by atoms with Crippen molar-refractivity contribution in [3.63, 3.8) is 0 Å².